The molecule has 6 rings (SSSR count). The van der Waals surface area contributed by atoms with Gasteiger partial charge in [0.2, 0.25) is 0 Å². The van der Waals surface area contributed by atoms with Gasteiger partial charge in [0.25, 0.3) is 11.8 Å². The van der Waals surface area contributed by atoms with Gasteiger partial charge in [0, 0.05) is 35.7 Å². The molecule has 0 saturated heterocycles. The van der Waals surface area contributed by atoms with Crippen molar-refractivity contribution in [3.63, 3.8) is 0 Å². The van der Waals surface area contributed by atoms with Crippen LogP contribution in [0.4, 0.5) is 31.1 Å². The molecule has 0 aliphatic carbocycles. The van der Waals surface area contributed by atoms with E-state index in [0.717, 1.165) is 48.5 Å². The van der Waals surface area contributed by atoms with Gasteiger partial charge in [-0.2, -0.15) is 13.1 Å². The number of carbonyl (C=O) groups excluding carboxylic acids is 3. The number of benzene rings is 4. The van der Waals surface area contributed by atoms with Gasteiger partial charge in [-0.25, -0.2) is 35.9 Å². The highest BCUT2D eigenvalue weighted by Gasteiger charge is 2.29. The van der Waals surface area contributed by atoms with E-state index in [1.165, 1.54) is 48.8 Å². The molecule has 0 spiro atoms. The molecule has 12 nitrogen and oxygen atoms in total. The van der Waals surface area contributed by atoms with E-state index in [-0.39, 0.29) is 51.2 Å². The Bertz CT molecular complexity index is 2720. The normalized spacial score (nSPS) is 12.4. The summed E-state index contributed by atoms with van der Waals surface area (Å²) in [7, 11) is -5.00. The van der Waals surface area contributed by atoms with Crippen LogP contribution in [0, 0.1) is 34.9 Å². The largest absolute Gasteiger partial charge is 0.366 e. The standard InChI is InChI=1S/C41H31F6N7O5S/c42-25-11-21(12-26(43)19-25)15-35(37-29(3-1-9-50-37)23-5-7-33(46)31(17-23)39(48)55)52-41(57)54-60(58,59)53-36(16-22-13-27(44)20-28(45)14-22)38-30(4-2-10-51-38)24-6-8-34(47)32(18-24)40(49)56/h1-14,17-20,35-36,53H,15-16H2,(H2,48,55)(H2,49,56)(H2,52,54,57)/t35?,36-/m0/s1. The monoisotopic (exact) mass is 847 g/mol. The first-order valence-electron chi connectivity index (χ1n) is 17.6. The minimum Gasteiger partial charge on any atom is -0.366 e. The Balaban J connectivity index is 1.36. The number of urea groups is 1. The van der Waals surface area contributed by atoms with Crippen molar-refractivity contribution in [3.8, 4) is 22.3 Å². The summed E-state index contributed by atoms with van der Waals surface area (Å²) >= 11 is 0. The van der Waals surface area contributed by atoms with Gasteiger partial charge in [-0.1, -0.05) is 24.3 Å². The van der Waals surface area contributed by atoms with E-state index in [2.05, 4.69) is 20.0 Å². The van der Waals surface area contributed by atoms with Crippen LogP contribution in [0.3, 0.4) is 0 Å². The van der Waals surface area contributed by atoms with Crippen LogP contribution in [0.15, 0.2) is 109 Å². The number of pyridine rings is 2. The van der Waals surface area contributed by atoms with Gasteiger partial charge >= 0.3 is 16.2 Å². The number of hydrogen-bond acceptors (Lipinski definition) is 7. The fraction of sp³-hybridized carbons (Fsp3) is 0.0976. The van der Waals surface area contributed by atoms with E-state index < -0.39 is 92.6 Å². The van der Waals surface area contributed by atoms with Crippen molar-refractivity contribution >= 4 is 28.1 Å². The summed E-state index contributed by atoms with van der Waals surface area (Å²) in [6.07, 6.45) is 1.70. The maximum Gasteiger partial charge on any atom is 0.329 e. The molecule has 6 aromatic rings. The van der Waals surface area contributed by atoms with Gasteiger partial charge in [0.05, 0.1) is 34.6 Å². The van der Waals surface area contributed by atoms with E-state index in [0.29, 0.717) is 12.1 Å². The summed E-state index contributed by atoms with van der Waals surface area (Å²) in [6, 6.07) is 13.3. The summed E-state index contributed by atoms with van der Waals surface area (Å²) < 4.78 is 118. The molecule has 0 aliphatic rings. The van der Waals surface area contributed by atoms with Crippen molar-refractivity contribution in [2.45, 2.75) is 24.9 Å². The Morgan fingerprint density at radius 3 is 1.43 bits per heavy atom. The number of carbonyl (C=O) groups is 3. The minimum atomic E-state index is -5.00. The molecule has 60 heavy (non-hydrogen) atoms. The first kappa shape index (κ1) is 42.5. The van der Waals surface area contributed by atoms with Crippen molar-refractivity contribution < 1.29 is 49.1 Å². The second-order valence-electron chi connectivity index (χ2n) is 13.3. The number of rotatable bonds is 14. The van der Waals surface area contributed by atoms with E-state index in [1.807, 2.05) is 0 Å². The Kier molecular flexibility index (Phi) is 12.6. The third-order valence-corrected chi connectivity index (χ3v) is 10.0. The van der Waals surface area contributed by atoms with Crippen LogP contribution in [0.1, 0.15) is 55.3 Å². The lowest BCUT2D eigenvalue weighted by atomic mass is 9.94. The van der Waals surface area contributed by atoms with Crippen LogP contribution in [0.2, 0.25) is 0 Å². The lowest BCUT2D eigenvalue weighted by Gasteiger charge is -2.24. The van der Waals surface area contributed by atoms with Crippen molar-refractivity contribution in [1.29, 1.82) is 0 Å². The highest BCUT2D eigenvalue weighted by molar-refractivity contribution is 7.88. The van der Waals surface area contributed by atoms with E-state index >= 15 is 0 Å². The number of nitrogens with one attached hydrogen (secondary N) is 3. The third kappa shape index (κ3) is 10.3. The van der Waals surface area contributed by atoms with Gasteiger partial charge in [-0.05, 0) is 95.8 Å². The lowest BCUT2D eigenvalue weighted by Crippen LogP contribution is -2.48. The Hall–Kier alpha value is -7.12. The molecule has 19 heteroatoms. The zero-order chi connectivity index (χ0) is 43.3. The Morgan fingerprint density at radius 1 is 0.583 bits per heavy atom. The van der Waals surface area contributed by atoms with Crippen molar-refractivity contribution in [2.24, 2.45) is 11.5 Å². The number of halogens is 6. The second-order valence-corrected chi connectivity index (χ2v) is 14.7. The number of hydrogen-bond donors (Lipinski definition) is 5. The van der Waals surface area contributed by atoms with Crippen molar-refractivity contribution in [3.05, 3.63) is 178 Å². The van der Waals surface area contributed by atoms with Crippen LogP contribution in [0.25, 0.3) is 22.3 Å². The van der Waals surface area contributed by atoms with Crippen LogP contribution in [0.5, 0.6) is 0 Å². The van der Waals surface area contributed by atoms with E-state index in [4.69, 9.17) is 11.5 Å². The highest BCUT2D eigenvalue weighted by Crippen LogP contribution is 2.32. The third-order valence-electron chi connectivity index (χ3n) is 8.98. The topological polar surface area (TPSA) is 199 Å². The SMILES string of the molecule is NC(=O)c1cc(-c2cccnc2C(Cc2cc(F)cc(F)c2)NC(=O)NS(=O)(=O)N[C@@H](Cc2cc(F)cc(F)c2)c2ncccc2-c2ccc(F)c(C(N)=O)c2)ccc1F. The van der Waals surface area contributed by atoms with E-state index in [9.17, 15) is 49.1 Å². The predicted octanol–water partition coefficient (Wildman–Crippen LogP) is 6.24. The molecule has 2 atom stereocenters. The molecular formula is C41H31F6N7O5S. The van der Waals surface area contributed by atoms with Crippen molar-refractivity contribution in [2.75, 3.05) is 0 Å². The maximum absolute atomic E-state index is 14.4. The molecule has 4 aromatic carbocycles. The molecule has 0 aliphatic heterocycles. The quantitative estimate of drug-likeness (QED) is 0.0799. The van der Waals surface area contributed by atoms with Gasteiger partial charge in [-0.15, -0.1) is 0 Å². The first-order valence-corrected chi connectivity index (χ1v) is 19.0. The summed E-state index contributed by atoms with van der Waals surface area (Å²) in [5, 5.41) is 2.44. The number of amides is 4. The molecule has 2 aromatic heterocycles. The zero-order valence-corrected chi connectivity index (χ0v) is 31.5. The summed E-state index contributed by atoms with van der Waals surface area (Å²) in [4.78, 5) is 46.2. The second kappa shape index (κ2) is 17.8. The molecule has 2 heterocycles. The Labute approximate surface area is 337 Å². The summed E-state index contributed by atoms with van der Waals surface area (Å²) in [5.41, 5.74) is 10.2. The average molecular weight is 848 g/mol. The fourth-order valence-corrected chi connectivity index (χ4v) is 7.44. The number of aromatic nitrogens is 2. The molecular weight excluding hydrogens is 817 g/mol. The van der Waals surface area contributed by atoms with Crippen LogP contribution < -0.4 is 26.2 Å². The van der Waals surface area contributed by atoms with Crippen molar-refractivity contribution in [1.82, 2.24) is 24.7 Å². The molecule has 308 valence electrons. The number of nitrogens with two attached hydrogens (primary N) is 2. The van der Waals surface area contributed by atoms with Gasteiger partial charge in [0.15, 0.2) is 0 Å². The number of nitrogens with zero attached hydrogens (tertiary/aromatic N) is 2. The van der Waals surface area contributed by atoms with Crippen LogP contribution in [-0.2, 0) is 23.1 Å². The molecule has 7 N–H and O–H groups in total. The Morgan fingerprint density at radius 2 is 1.00 bits per heavy atom. The predicted molar refractivity (Wildman–Crippen MR) is 206 cm³/mol. The smallest absolute Gasteiger partial charge is 0.329 e. The van der Waals surface area contributed by atoms with Crippen LogP contribution >= 0.6 is 0 Å². The molecule has 0 fully saturated rings. The fourth-order valence-electron chi connectivity index (χ4n) is 6.51. The van der Waals surface area contributed by atoms with Gasteiger partial charge < -0.3 is 16.8 Å². The van der Waals surface area contributed by atoms with Crippen LogP contribution in [-0.4, -0.2) is 36.2 Å². The zero-order valence-electron chi connectivity index (χ0n) is 30.7. The molecule has 4 amide bonds. The lowest BCUT2D eigenvalue weighted by molar-refractivity contribution is 0.0987. The molecule has 0 bridgehead atoms. The number of primary amides is 2. The summed E-state index contributed by atoms with van der Waals surface area (Å²) in [6.45, 7) is 0. The highest BCUT2D eigenvalue weighted by atomic mass is 32.2. The van der Waals surface area contributed by atoms with E-state index in [1.54, 1.807) is 4.72 Å². The molecule has 0 radical (unpaired) electrons. The maximum atomic E-state index is 14.4. The first-order chi connectivity index (χ1) is 28.5. The minimum absolute atomic E-state index is 0.00215. The average Bonchev–Trinajstić information content (AvgIpc) is 3.16. The molecule has 0 saturated carbocycles. The van der Waals surface area contributed by atoms with Gasteiger partial charge in [-0.3, -0.25) is 19.6 Å². The summed E-state index contributed by atoms with van der Waals surface area (Å²) in [5.74, 6) is -7.95. The molecule has 1 unspecified atom stereocenters. The van der Waals surface area contributed by atoms with Gasteiger partial charge in [0.1, 0.15) is 34.9 Å².